The van der Waals surface area contributed by atoms with Crippen LogP contribution in [0.5, 0.6) is 0 Å². The van der Waals surface area contributed by atoms with E-state index in [2.05, 4.69) is 4.99 Å². The Hall–Kier alpha value is -1.12. The molecule has 0 aromatic rings. The summed E-state index contributed by atoms with van der Waals surface area (Å²) in [5, 5.41) is 0. The van der Waals surface area contributed by atoms with Gasteiger partial charge in [-0.05, 0) is 19.9 Å². The first-order chi connectivity index (χ1) is 5.04. The summed E-state index contributed by atoms with van der Waals surface area (Å²) in [4.78, 5) is 14.6. The van der Waals surface area contributed by atoms with Crippen LogP contribution in [-0.2, 0) is 4.79 Å². The summed E-state index contributed by atoms with van der Waals surface area (Å²) in [5.41, 5.74) is 5.57. The van der Waals surface area contributed by atoms with Gasteiger partial charge in [0.15, 0.2) is 5.78 Å². The highest BCUT2D eigenvalue weighted by Gasteiger charge is 1.92. The monoisotopic (exact) mass is 154 g/mol. The summed E-state index contributed by atoms with van der Waals surface area (Å²) < 4.78 is 0. The minimum absolute atomic E-state index is 0.125. The van der Waals surface area contributed by atoms with E-state index in [0.717, 1.165) is 0 Å². The molecule has 0 heterocycles. The van der Waals surface area contributed by atoms with Crippen molar-refractivity contribution in [2.45, 2.75) is 26.8 Å². The molecule has 0 saturated heterocycles. The van der Waals surface area contributed by atoms with Crippen LogP contribution in [0.1, 0.15) is 20.8 Å². The molecule has 2 N–H and O–H groups in total. The summed E-state index contributed by atoms with van der Waals surface area (Å²) in [5.74, 6) is -0.125. The van der Waals surface area contributed by atoms with Crippen molar-refractivity contribution in [3.8, 4) is 0 Å². The predicted octanol–water partition coefficient (Wildman–Crippen LogP) is 0.897. The fraction of sp³-hybridized carbons (Fsp3) is 0.500. The number of carbonyl (C=O) groups is 1. The molecule has 0 aliphatic heterocycles. The second kappa shape index (κ2) is 4.66. The lowest BCUT2D eigenvalue weighted by atomic mass is 10.3. The average molecular weight is 154 g/mol. The Balaban J connectivity index is 4.02. The summed E-state index contributed by atoms with van der Waals surface area (Å²) in [6.07, 6.45) is 3.07. The molecule has 3 nitrogen and oxygen atoms in total. The van der Waals surface area contributed by atoms with E-state index < -0.39 is 0 Å². The Labute approximate surface area is 67.0 Å². The van der Waals surface area contributed by atoms with Crippen molar-refractivity contribution < 1.29 is 4.79 Å². The van der Waals surface area contributed by atoms with Crippen LogP contribution in [0, 0.1) is 0 Å². The topological polar surface area (TPSA) is 55.5 Å². The Morgan fingerprint density at radius 1 is 1.55 bits per heavy atom. The van der Waals surface area contributed by atoms with E-state index >= 15 is 0 Å². The number of nitrogens with two attached hydrogens (primary N) is 1. The van der Waals surface area contributed by atoms with E-state index in [1.54, 1.807) is 6.21 Å². The first kappa shape index (κ1) is 9.88. The zero-order chi connectivity index (χ0) is 8.85. The number of Topliss-reactive ketones (excluding diaryl/α,β-unsaturated/α-hetero) is 1. The fourth-order valence-electron chi connectivity index (χ4n) is 0.413. The molecule has 0 aliphatic carbocycles. The van der Waals surface area contributed by atoms with Gasteiger partial charge in [-0.25, -0.2) is 0 Å². The van der Waals surface area contributed by atoms with Crippen molar-refractivity contribution in [3.63, 3.8) is 0 Å². The maximum absolute atomic E-state index is 10.6. The lowest BCUT2D eigenvalue weighted by Gasteiger charge is -1.92. The molecule has 0 unspecified atom stereocenters. The number of hydrogen-bond donors (Lipinski definition) is 1. The lowest BCUT2D eigenvalue weighted by Crippen LogP contribution is -2.07. The van der Waals surface area contributed by atoms with Gasteiger partial charge in [-0.2, -0.15) is 0 Å². The zero-order valence-corrected chi connectivity index (χ0v) is 7.16. The second-order valence-electron chi connectivity index (χ2n) is 2.57. The Bertz CT molecular complexity index is 192. The van der Waals surface area contributed by atoms with Crippen molar-refractivity contribution >= 4 is 12.0 Å². The predicted molar refractivity (Wildman–Crippen MR) is 46.6 cm³/mol. The summed E-state index contributed by atoms with van der Waals surface area (Å²) in [7, 11) is 0. The molecule has 0 bridgehead atoms. The smallest absolute Gasteiger partial charge is 0.175 e. The molecule has 0 rings (SSSR count). The van der Waals surface area contributed by atoms with Gasteiger partial charge in [0.2, 0.25) is 0 Å². The van der Waals surface area contributed by atoms with Crippen molar-refractivity contribution in [2.24, 2.45) is 10.7 Å². The second-order valence-corrected chi connectivity index (χ2v) is 2.57. The summed E-state index contributed by atoms with van der Waals surface area (Å²) >= 11 is 0. The van der Waals surface area contributed by atoms with Gasteiger partial charge in [0.25, 0.3) is 0 Å². The van der Waals surface area contributed by atoms with Gasteiger partial charge in [-0.1, -0.05) is 0 Å². The first-order valence-corrected chi connectivity index (χ1v) is 3.54. The van der Waals surface area contributed by atoms with Gasteiger partial charge in [0, 0.05) is 19.2 Å². The van der Waals surface area contributed by atoms with Gasteiger partial charge >= 0.3 is 0 Å². The van der Waals surface area contributed by atoms with Crippen LogP contribution in [0.2, 0.25) is 0 Å². The summed E-state index contributed by atoms with van der Waals surface area (Å²) in [6, 6.07) is 0.242. The van der Waals surface area contributed by atoms with Crippen molar-refractivity contribution in [1.82, 2.24) is 0 Å². The first-order valence-electron chi connectivity index (χ1n) is 3.54. The number of hydrogen-bond acceptors (Lipinski definition) is 3. The molecule has 0 radical (unpaired) electrons. The van der Waals surface area contributed by atoms with E-state index in [0.29, 0.717) is 0 Å². The van der Waals surface area contributed by atoms with Gasteiger partial charge in [-0.3, -0.25) is 9.79 Å². The third-order valence-corrected chi connectivity index (χ3v) is 1.04. The molecule has 0 fully saturated rings. The van der Waals surface area contributed by atoms with Crippen LogP contribution >= 0.6 is 0 Å². The fourth-order valence-corrected chi connectivity index (χ4v) is 0.413. The molecule has 0 aromatic heterocycles. The number of carbonyl (C=O) groups excluding carboxylic acids is 1. The van der Waals surface area contributed by atoms with Crippen LogP contribution in [-0.4, -0.2) is 18.0 Å². The molecule has 0 aliphatic rings. The molecule has 0 aromatic carbocycles. The van der Waals surface area contributed by atoms with Crippen molar-refractivity contribution in [1.29, 1.82) is 0 Å². The molecule has 0 saturated carbocycles. The summed E-state index contributed by atoms with van der Waals surface area (Å²) in [6.45, 7) is 5.33. The minimum atomic E-state index is -0.125. The molecule has 3 heteroatoms. The Kier molecular flexibility index (Phi) is 4.18. The van der Waals surface area contributed by atoms with Gasteiger partial charge in [0.05, 0.1) is 5.70 Å². The highest BCUT2D eigenvalue weighted by Crippen LogP contribution is 1.86. The standard InChI is InChI=1S/C8H14N2O/c1-6(2)10-5-4-8(9)7(3)11/h4-6H,9H2,1-3H3/b8-4-,10-5?. The molecular formula is C8H14N2O. The number of rotatable bonds is 3. The normalized spacial score (nSPS) is 12.9. The van der Waals surface area contributed by atoms with Gasteiger partial charge in [-0.15, -0.1) is 0 Å². The van der Waals surface area contributed by atoms with E-state index in [4.69, 9.17) is 5.73 Å². The van der Waals surface area contributed by atoms with Gasteiger partial charge < -0.3 is 5.73 Å². The molecule has 0 atom stereocenters. The van der Waals surface area contributed by atoms with Crippen LogP contribution in [0.3, 0.4) is 0 Å². The number of aliphatic imine (C=N–C) groups is 1. The molecule has 11 heavy (non-hydrogen) atoms. The minimum Gasteiger partial charge on any atom is -0.396 e. The molecule has 0 amide bonds. The Morgan fingerprint density at radius 3 is 2.45 bits per heavy atom. The molecule has 62 valence electrons. The molecule has 0 spiro atoms. The maximum atomic E-state index is 10.6. The van der Waals surface area contributed by atoms with Crippen molar-refractivity contribution in [3.05, 3.63) is 11.8 Å². The zero-order valence-electron chi connectivity index (χ0n) is 7.16. The van der Waals surface area contributed by atoms with Gasteiger partial charge in [0.1, 0.15) is 0 Å². The van der Waals surface area contributed by atoms with Crippen LogP contribution in [0.25, 0.3) is 0 Å². The number of ketones is 1. The van der Waals surface area contributed by atoms with Crippen LogP contribution in [0.4, 0.5) is 0 Å². The molecular weight excluding hydrogens is 140 g/mol. The van der Waals surface area contributed by atoms with E-state index in [9.17, 15) is 4.79 Å². The number of nitrogens with zero attached hydrogens (tertiary/aromatic N) is 1. The highest BCUT2D eigenvalue weighted by molar-refractivity contribution is 5.96. The van der Waals surface area contributed by atoms with E-state index in [1.165, 1.54) is 13.0 Å². The average Bonchev–Trinajstić information content (AvgIpc) is 1.86. The number of allylic oxidation sites excluding steroid dienone is 2. The SMILES string of the molecule is CC(=O)/C(N)=C/C=NC(C)C. The van der Waals surface area contributed by atoms with Crippen LogP contribution in [0.15, 0.2) is 16.8 Å². The Morgan fingerprint density at radius 2 is 2.09 bits per heavy atom. The highest BCUT2D eigenvalue weighted by atomic mass is 16.1. The maximum Gasteiger partial charge on any atom is 0.175 e. The quantitative estimate of drug-likeness (QED) is 0.485. The largest absolute Gasteiger partial charge is 0.396 e. The van der Waals surface area contributed by atoms with Crippen LogP contribution < -0.4 is 5.73 Å². The third-order valence-electron chi connectivity index (χ3n) is 1.04. The van der Waals surface area contributed by atoms with E-state index in [1.807, 2.05) is 13.8 Å². The lowest BCUT2D eigenvalue weighted by molar-refractivity contribution is -0.113. The van der Waals surface area contributed by atoms with E-state index in [-0.39, 0.29) is 17.5 Å². The van der Waals surface area contributed by atoms with Crippen molar-refractivity contribution in [2.75, 3.05) is 0 Å². The third kappa shape index (κ3) is 5.33.